The molecule has 1 aromatic carbocycles. The molecule has 0 aliphatic rings. The van der Waals surface area contributed by atoms with Crippen molar-refractivity contribution in [2.75, 3.05) is 7.11 Å². The van der Waals surface area contributed by atoms with E-state index in [-0.39, 0.29) is 6.61 Å². The van der Waals surface area contributed by atoms with E-state index in [4.69, 9.17) is 21.1 Å². The zero-order valence-electron chi connectivity index (χ0n) is 15.3. The molecule has 0 radical (unpaired) electrons. The van der Waals surface area contributed by atoms with E-state index in [1.165, 1.54) is 18.5 Å². The van der Waals surface area contributed by atoms with E-state index in [2.05, 4.69) is 24.9 Å². The van der Waals surface area contributed by atoms with Gasteiger partial charge in [-0.1, -0.05) is 11.6 Å². The van der Waals surface area contributed by atoms with E-state index in [0.29, 0.717) is 39.4 Å². The van der Waals surface area contributed by atoms with E-state index in [0.717, 1.165) is 5.56 Å². The third-order valence-corrected chi connectivity index (χ3v) is 4.28. The fraction of sp³-hybridized carbons (Fsp3) is 0.100. The number of nitrogens with one attached hydrogen (secondary N) is 1. The second kappa shape index (κ2) is 8.24. The van der Waals surface area contributed by atoms with Gasteiger partial charge in [0.05, 0.1) is 30.9 Å². The molecule has 0 bridgehead atoms. The zero-order valence-corrected chi connectivity index (χ0v) is 16.0. The summed E-state index contributed by atoms with van der Waals surface area (Å²) in [6, 6.07) is 8.33. The normalized spacial score (nSPS) is 10.7. The Hall–Kier alpha value is -3.52. The molecule has 4 aromatic rings. The van der Waals surface area contributed by atoms with Gasteiger partial charge in [-0.3, -0.25) is 4.98 Å². The van der Waals surface area contributed by atoms with Crippen LogP contribution in [-0.4, -0.2) is 32.0 Å². The molecular weight excluding hydrogens is 397 g/mol. The van der Waals surface area contributed by atoms with Crippen LogP contribution in [0.4, 0.5) is 4.39 Å². The van der Waals surface area contributed by atoms with Crippen molar-refractivity contribution in [1.29, 1.82) is 0 Å². The number of halogens is 2. The highest BCUT2D eigenvalue weighted by atomic mass is 35.5. The summed E-state index contributed by atoms with van der Waals surface area (Å²) in [7, 11) is 1.57. The first-order valence-corrected chi connectivity index (χ1v) is 8.95. The molecule has 3 heterocycles. The molecule has 0 atom stereocenters. The fourth-order valence-electron chi connectivity index (χ4n) is 2.67. The molecule has 0 amide bonds. The molecule has 0 saturated carbocycles. The molecular formula is C20H15ClFN5O2. The Kier molecular flexibility index (Phi) is 5.35. The van der Waals surface area contributed by atoms with Crippen molar-refractivity contribution >= 4 is 11.6 Å². The number of hydrogen-bond donors (Lipinski definition) is 1. The summed E-state index contributed by atoms with van der Waals surface area (Å²) in [6.45, 7) is 0.247. The molecule has 7 nitrogen and oxygen atoms in total. The third kappa shape index (κ3) is 4.33. The lowest BCUT2D eigenvalue weighted by Gasteiger charge is -2.10. The Morgan fingerprint density at radius 3 is 2.69 bits per heavy atom. The minimum atomic E-state index is -0.539. The van der Waals surface area contributed by atoms with Crippen molar-refractivity contribution in [1.82, 2.24) is 24.9 Å². The number of imidazole rings is 1. The number of rotatable bonds is 6. The second-order valence-corrected chi connectivity index (χ2v) is 6.37. The topological polar surface area (TPSA) is 85.8 Å². The Bertz CT molecular complexity index is 1120. The second-order valence-electron chi connectivity index (χ2n) is 5.99. The van der Waals surface area contributed by atoms with Gasteiger partial charge < -0.3 is 14.5 Å². The lowest BCUT2D eigenvalue weighted by molar-refractivity contribution is 0.298. The Labute approximate surface area is 170 Å². The Morgan fingerprint density at radius 2 is 1.97 bits per heavy atom. The highest BCUT2D eigenvalue weighted by molar-refractivity contribution is 6.29. The highest BCUT2D eigenvalue weighted by Gasteiger charge is 2.13. The number of pyridine rings is 1. The van der Waals surface area contributed by atoms with Crippen LogP contribution in [0.3, 0.4) is 0 Å². The highest BCUT2D eigenvalue weighted by Crippen LogP contribution is 2.33. The van der Waals surface area contributed by atoms with Gasteiger partial charge in [0.1, 0.15) is 29.1 Å². The van der Waals surface area contributed by atoms with E-state index in [9.17, 15) is 4.39 Å². The van der Waals surface area contributed by atoms with Crippen LogP contribution in [0.5, 0.6) is 11.5 Å². The number of nitrogens with zero attached hydrogens (tertiary/aromatic N) is 4. The van der Waals surface area contributed by atoms with Crippen molar-refractivity contribution in [3.63, 3.8) is 0 Å². The van der Waals surface area contributed by atoms with E-state index >= 15 is 0 Å². The number of aromatic nitrogens is 5. The number of hydrogen-bond acceptors (Lipinski definition) is 6. The van der Waals surface area contributed by atoms with E-state index in [1.54, 1.807) is 31.6 Å². The molecule has 4 rings (SSSR count). The largest absolute Gasteiger partial charge is 0.496 e. The number of aromatic amines is 1. The molecule has 0 aliphatic heterocycles. The summed E-state index contributed by atoms with van der Waals surface area (Å²) >= 11 is 5.73. The molecule has 0 saturated heterocycles. The first-order valence-electron chi connectivity index (χ1n) is 8.57. The van der Waals surface area contributed by atoms with Gasteiger partial charge >= 0.3 is 0 Å². The quantitative estimate of drug-likeness (QED) is 0.476. The van der Waals surface area contributed by atoms with Crippen LogP contribution in [0.25, 0.3) is 22.6 Å². The lowest BCUT2D eigenvalue weighted by Crippen LogP contribution is -1.99. The summed E-state index contributed by atoms with van der Waals surface area (Å²) in [5.41, 5.74) is 2.79. The van der Waals surface area contributed by atoms with Crippen LogP contribution in [-0.2, 0) is 6.61 Å². The zero-order chi connectivity index (χ0) is 20.2. The number of H-pyrrole nitrogens is 1. The molecule has 0 fully saturated rings. The predicted octanol–water partition coefficient (Wildman–Crippen LogP) is 4.31. The van der Waals surface area contributed by atoms with Crippen LogP contribution in [0, 0.1) is 5.95 Å². The maximum Gasteiger partial charge on any atom is 0.212 e. The number of ether oxygens (including phenoxy) is 2. The van der Waals surface area contributed by atoms with Crippen molar-refractivity contribution in [2.24, 2.45) is 0 Å². The van der Waals surface area contributed by atoms with Gasteiger partial charge in [-0.25, -0.2) is 15.0 Å². The minimum Gasteiger partial charge on any atom is -0.496 e. The van der Waals surface area contributed by atoms with Crippen molar-refractivity contribution in [3.8, 4) is 34.1 Å². The maximum absolute atomic E-state index is 13.0. The summed E-state index contributed by atoms with van der Waals surface area (Å²) in [4.78, 5) is 19.4. The molecule has 29 heavy (non-hydrogen) atoms. The van der Waals surface area contributed by atoms with Crippen LogP contribution in [0.1, 0.15) is 5.69 Å². The van der Waals surface area contributed by atoms with Gasteiger partial charge in [0.15, 0.2) is 0 Å². The molecule has 0 aliphatic carbocycles. The minimum absolute atomic E-state index is 0.247. The first-order chi connectivity index (χ1) is 14.1. The molecule has 0 spiro atoms. The van der Waals surface area contributed by atoms with Gasteiger partial charge in [-0.15, -0.1) is 0 Å². The predicted molar refractivity (Wildman–Crippen MR) is 105 cm³/mol. The number of benzene rings is 1. The summed E-state index contributed by atoms with van der Waals surface area (Å²) in [5.74, 6) is 1.25. The molecule has 146 valence electrons. The fourth-order valence-corrected chi connectivity index (χ4v) is 2.76. The van der Waals surface area contributed by atoms with Gasteiger partial charge in [-0.2, -0.15) is 4.39 Å². The van der Waals surface area contributed by atoms with Gasteiger partial charge in [-0.05, 0) is 24.3 Å². The molecule has 9 heteroatoms. The van der Waals surface area contributed by atoms with Crippen LogP contribution < -0.4 is 9.47 Å². The standard InChI is InChI=1S/C20H15ClFN5O2/c1-28-17-6-14(29-11-13-8-24-18(21)10-23-13)3-4-15(17)16-9-26-20(27-16)12-2-5-19(22)25-7-12/h2-10H,11H2,1H3,(H,26,27). The van der Waals surface area contributed by atoms with Crippen molar-refractivity contribution in [3.05, 3.63) is 71.9 Å². The van der Waals surface area contributed by atoms with Crippen LogP contribution >= 0.6 is 11.6 Å². The van der Waals surface area contributed by atoms with Crippen LogP contribution in [0.15, 0.2) is 55.1 Å². The first kappa shape index (κ1) is 18.8. The smallest absolute Gasteiger partial charge is 0.212 e. The van der Waals surface area contributed by atoms with Crippen LogP contribution in [0.2, 0.25) is 5.15 Å². The van der Waals surface area contributed by atoms with Gasteiger partial charge in [0, 0.05) is 29.6 Å². The summed E-state index contributed by atoms with van der Waals surface area (Å²) < 4.78 is 24.3. The molecule has 0 unspecified atom stereocenters. The molecule has 3 aromatic heterocycles. The monoisotopic (exact) mass is 411 g/mol. The van der Waals surface area contributed by atoms with Gasteiger partial charge in [0.2, 0.25) is 5.95 Å². The van der Waals surface area contributed by atoms with Gasteiger partial charge in [0.25, 0.3) is 0 Å². The number of methoxy groups -OCH3 is 1. The average molecular weight is 412 g/mol. The van der Waals surface area contributed by atoms with Crippen molar-refractivity contribution in [2.45, 2.75) is 6.61 Å². The maximum atomic E-state index is 13.0. The average Bonchev–Trinajstić information content (AvgIpc) is 3.23. The summed E-state index contributed by atoms with van der Waals surface area (Å²) in [5, 5.41) is 0.328. The Morgan fingerprint density at radius 1 is 1.07 bits per heavy atom. The summed E-state index contributed by atoms with van der Waals surface area (Å²) in [6.07, 6.45) is 6.20. The van der Waals surface area contributed by atoms with E-state index in [1.807, 2.05) is 12.1 Å². The SMILES string of the molecule is COc1cc(OCc2cnc(Cl)cn2)ccc1-c1c[nH]c(-c2ccc(F)nc2)n1. The van der Waals surface area contributed by atoms with Crippen molar-refractivity contribution < 1.29 is 13.9 Å². The lowest BCUT2D eigenvalue weighted by atomic mass is 10.1. The third-order valence-electron chi connectivity index (χ3n) is 4.09. The van der Waals surface area contributed by atoms with E-state index < -0.39 is 5.95 Å². The molecule has 1 N–H and O–H groups in total. The Balaban J connectivity index is 1.54.